The zero-order valence-electron chi connectivity index (χ0n) is 13.0. The zero-order chi connectivity index (χ0) is 16.4. The fourth-order valence-corrected chi connectivity index (χ4v) is 3.51. The van der Waals surface area contributed by atoms with Crippen LogP contribution < -0.4 is 10.1 Å². The molecule has 3 rings (SSSR count). The Morgan fingerprint density at radius 1 is 1.35 bits per heavy atom. The highest BCUT2D eigenvalue weighted by Crippen LogP contribution is 2.29. The van der Waals surface area contributed by atoms with Gasteiger partial charge in [-0.3, -0.25) is 9.69 Å². The third kappa shape index (κ3) is 3.17. The maximum atomic E-state index is 12.7. The van der Waals surface area contributed by atoms with E-state index in [0.717, 1.165) is 31.2 Å². The smallest absolute Gasteiger partial charge is 0.276 e. The van der Waals surface area contributed by atoms with Crippen molar-refractivity contribution in [2.45, 2.75) is 38.1 Å². The Labute approximate surface area is 140 Å². The SMILES string of the molecule is COc1cc(C=C2NC(=S)N(C3CCCCC3)C2=O)ccc1O. The molecule has 1 saturated carbocycles. The van der Waals surface area contributed by atoms with E-state index in [1.165, 1.54) is 13.5 Å². The van der Waals surface area contributed by atoms with Crippen LogP contribution in [0.4, 0.5) is 0 Å². The number of thiocarbonyl (C=S) groups is 1. The molecule has 6 heteroatoms. The lowest BCUT2D eigenvalue weighted by Crippen LogP contribution is -2.41. The van der Waals surface area contributed by atoms with E-state index in [2.05, 4.69) is 5.32 Å². The number of hydrogen-bond acceptors (Lipinski definition) is 4. The second kappa shape index (κ2) is 6.58. The number of phenols is 1. The molecule has 0 atom stereocenters. The number of amides is 1. The Morgan fingerprint density at radius 3 is 2.78 bits per heavy atom. The van der Waals surface area contributed by atoms with Gasteiger partial charge in [0.1, 0.15) is 5.70 Å². The molecule has 1 saturated heterocycles. The predicted molar refractivity (Wildman–Crippen MR) is 92.1 cm³/mol. The maximum Gasteiger partial charge on any atom is 0.276 e. The second-order valence-electron chi connectivity index (χ2n) is 5.89. The number of carbonyl (C=O) groups is 1. The van der Waals surface area contributed by atoms with E-state index in [4.69, 9.17) is 17.0 Å². The molecule has 1 amide bonds. The molecule has 122 valence electrons. The number of hydrogen-bond donors (Lipinski definition) is 2. The highest BCUT2D eigenvalue weighted by Gasteiger charge is 2.36. The number of aromatic hydroxyl groups is 1. The van der Waals surface area contributed by atoms with Crippen LogP contribution in [0, 0.1) is 0 Å². The van der Waals surface area contributed by atoms with Gasteiger partial charge in [-0.15, -0.1) is 0 Å². The Morgan fingerprint density at radius 2 is 2.09 bits per heavy atom. The summed E-state index contributed by atoms with van der Waals surface area (Å²) in [6.07, 6.45) is 7.27. The van der Waals surface area contributed by atoms with E-state index in [1.54, 1.807) is 29.2 Å². The van der Waals surface area contributed by atoms with Gasteiger partial charge < -0.3 is 15.2 Å². The molecule has 1 aliphatic carbocycles. The van der Waals surface area contributed by atoms with E-state index >= 15 is 0 Å². The molecule has 0 unspecified atom stereocenters. The maximum absolute atomic E-state index is 12.7. The van der Waals surface area contributed by atoms with Crippen molar-refractivity contribution in [1.29, 1.82) is 0 Å². The van der Waals surface area contributed by atoms with Crippen LogP contribution in [0.25, 0.3) is 6.08 Å². The van der Waals surface area contributed by atoms with Crippen molar-refractivity contribution in [3.8, 4) is 11.5 Å². The average molecular weight is 332 g/mol. The van der Waals surface area contributed by atoms with Gasteiger partial charge in [-0.1, -0.05) is 25.3 Å². The highest BCUT2D eigenvalue weighted by molar-refractivity contribution is 7.80. The van der Waals surface area contributed by atoms with Crippen LogP contribution in [0.2, 0.25) is 0 Å². The van der Waals surface area contributed by atoms with Gasteiger partial charge >= 0.3 is 0 Å². The van der Waals surface area contributed by atoms with Crippen LogP contribution in [0.15, 0.2) is 23.9 Å². The van der Waals surface area contributed by atoms with Crippen LogP contribution in [-0.2, 0) is 4.79 Å². The van der Waals surface area contributed by atoms with Gasteiger partial charge in [0.25, 0.3) is 5.91 Å². The monoisotopic (exact) mass is 332 g/mol. The second-order valence-corrected chi connectivity index (χ2v) is 6.27. The summed E-state index contributed by atoms with van der Waals surface area (Å²) in [5.41, 5.74) is 1.23. The Hall–Kier alpha value is -2.08. The first kappa shape index (κ1) is 15.8. The molecule has 0 bridgehead atoms. The molecule has 1 aromatic carbocycles. The van der Waals surface area contributed by atoms with Crippen molar-refractivity contribution in [3.05, 3.63) is 29.5 Å². The molecule has 1 heterocycles. The third-order valence-corrected chi connectivity index (χ3v) is 4.66. The highest BCUT2D eigenvalue weighted by atomic mass is 32.1. The van der Waals surface area contributed by atoms with Crippen molar-refractivity contribution >= 4 is 29.3 Å². The molecule has 2 fully saturated rings. The summed E-state index contributed by atoms with van der Waals surface area (Å²) in [7, 11) is 1.49. The number of methoxy groups -OCH3 is 1. The topological polar surface area (TPSA) is 61.8 Å². The predicted octanol–water partition coefficient (Wildman–Crippen LogP) is 2.79. The first-order valence-corrected chi connectivity index (χ1v) is 8.24. The zero-order valence-corrected chi connectivity index (χ0v) is 13.9. The van der Waals surface area contributed by atoms with Crippen LogP contribution in [-0.4, -0.2) is 34.2 Å². The quantitative estimate of drug-likeness (QED) is 0.658. The van der Waals surface area contributed by atoms with Gasteiger partial charge in [0, 0.05) is 6.04 Å². The van der Waals surface area contributed by atoms with Crippen LogP contribution in [0.3, 0.4) is 0 Å². The van der Waals surface area contributed by atoms with E-state index in [-0.39, 0.29) is 17.7 Å². The summed E-state index contributed by atoms with van der Waals surface area (Å²) in [6, 6.07) is 5.16. The van der Waals surface area contributed by atoms with Crippen molar-refractivity contribution < 1.29 is 14.6 Å². The molecule has 23 heavy (non-hydrogen) atoms. The molecule has 0 aromatic heterocycles. The summed E-state index contributed by atoms with van der Waals surface area (Å²) in [5.74, 6) is 0.366. The molecule has 5 nitrogen and oxygen atoms in total. The van der Waals surface area contributed by atoms with E-state index in [9.17, 15) is 9.90 Å². The molecule has 0 spiro atoms. The minimum atomic E-state index is -0.0751. The number of nitrogens with one attached hydrogen (secondary N) is 1. The minimum Gasteiger partial charge on any atom is -0.504 e. The van der Waals surface area contributed by atoms with Crippen molar-refractivity contribution in [2.75, 3.05) is 7.11 Å². The fraction of sp³-hybridized carbons (Fsp3) is 0.412. The van der Waals surface area contributed by atoms with Gasteiger partial charge in [-0.05, 0) is 48.8 Å². The summed E-state index contributed by atoms with van der Waals surface area (Å²) in [5, 5.41) is 13.1. The summed E-state index contributed by atoms with van der Waals surface area (Å²) >= 11 is 5.35. The molecule has 1 aromatic rings. The number of rotatable bonds is 3. The molecule has 1 aliphatic heterocycles. The van der Waals surface area contributed by atoms with E-state index in [1.807, 2.05) is 0 Å². The molecular formula is C17H20N2O3S. The first-order valence-electron chi connectivity index (χ1n) is 7.83. The lowest BCUT2D eigenvalue weighted by atomic mass is 9.94. The number of benzene rings is 1. The molecule has 0 radical (unpaired) electrons. The lowest BCUT2D eigenvalue weighted by Gasteiger charge is -2.29. The fourth-order valence-electron chi connectivity index (χ4n) is 3.17. The standard InChI is InChI=1S/C17H20N2O3S/c1-22-15-10-11(7-8-14(15)20)9-13-16(21)19(17(23)18-13)12-5-3-2-4-6-12/h7-10,12,20H,2-6H2,1H3,(H,18,23). The number of ether oxygens (including phenoxy) is 1. The molecular weight excluding hydrogens is 312 g/mol. The van der Waals surface area contributed by atoms with E-state index in [0.29, 0.717) is 16.6 Å². The van der Waals surface area contributed by atoms with Crippen LogP contribution >= 0.6 is 12.2 Å². The van der Waals surface area contributed by atoms with Gasteiger partial charge in [0.2, 0.25) is 0 Å². The molecule has 2 aliphatic rings. The average Bonchev–Trinajstić information content (AvgIpc) is 2.84. The summed E-state index contributed by atoms with van der Waals surface area (Å²) in [4.78, 5) is 14.4. The van der Waals surface area contributed by atoms with Crippen LogP contribution in [0.1, 0.15) is 37.7 Å². The van der Waals surface area contributed by atoms with Crippen molar-refractivity contribution in [3.63, 3.8) is 0 Å². The lowest BCUT2D eigenvalue weighted by molar-refractivity contribution is -0.124. The Kier molecular flexibility index (Phi) is 4.52. The first-order chi connectivity index (χ1) is 11.1. The van der Waals surface area contributed by atoms with Gasteiger partial charge in [0.15, 0.2) is 16.6 Å². The largest absolute Gasteiger partial charge is 0.504 e. The number of phenolic OH excluding ortho intramolecular Hbond substituents is 1. The van der Waals surface area contributed by atoms with Crippen molar-refractivity contribution in [2.24, 2.45) is 0 Å². The number of nitrogens with zero attached hydrogens (tertiary/aromatic N) is 1. The summed E-state index contributed by atoms with van der Waals surface area (Å²) in [6.45, 7) is 0. The van der Waals surface area contributed by atoms with E-state index < -0.39 is 0 Å². The van der Waals surface area contributed by atoms with Gasteiger partial charge in [-0.25, -0.2) is 0 Å². The minimum absolute atomic E-state index is 0.0692. The summed E-state index contributed by atoms with van der Waals surface area (Å²) < 4.78 is 5.09. The normalized spacial score (nSPS) is 20.9. The molecule has 2 N–H and O–H groups in total. The third-order valence-electron chi connectivity index (χ3n) is 4.36. The van der Waals surface area contributed by atoms with Crippen LogP contribution in [0.5, 0.6) is 11.5 Å². The Bertz CT molecular complexity index is 666. The van der Waals surface area contributed by atoms with Crippen molar-refractivity contribution in [1.82, 2.24) is 10.2 Å². The van der Waals surface area contributed by atoms with Gasteiger partial charge in [-0.2, -0.15) is 0 Å². The number of carbonyl (C=O) groups excluding carboxylic acids is 1. The Balaban J connectivity index is 1.83. The van der Waals surface area contributed by atoms with Gasteiger partial charge in [0.05, 0.1) is 7.11 Å².